The average molecular weight is 218 g/mol. The van der Waals surface area contributed by atoms with Crippen LogP contribution in [0.5, 0.6) is 0 Å². The van der Waals surface area contributed by atoms with Gasteiger partial charge in [-0.15, -0.1) is 0 Å². The number of rotatable bonds is 4. The number of hydrogen-bond donors (Lipinski definition) is 1. The zero-order chi connectivity index (χ0) is 11.7. The highest BCUT2D eigenvalue weighted by Gasteiger charge is 2.30. The van der Waals surface area contributed by atoms with Gasteiger partial charge in [0, 0.05) is 25.3 Å². The van der Waals surface area contributed by atoms with E-state index in [4.69, 9.17) is 5.73 Å². The Hall–Kier alpha value is -1.02. The third kappa shape index (κ3) is 2.22. The first-order valence-electron chi connectivity index (χ1n) is 6.16. The van der Waals surface area contributed by atoms with Gasteiger partial charge in [-0.05, 0) is 55.9 Å². The highest BCUT2D eigenvalue weighted by Crippen LogP contribution is 2.36. The smallest absolute Gasteiger partial charge is 0.0368 e. The Balaban J connectivity index is 2.16. The quantitative estimate of drug-likeness (QED) is 0.842. The van der Waals surface area contributed by atoms with E-state index >= 15 is 0 Å². The Kier molecular flexibility index (Phi) is 3.20. The molecule has 2 rings (SSSR count). The van der Waals surface area contributed by atoms with E-state index in [-0.39, 0.29) is 0 Å². The maximum atomic E-state index is 5.68. The minimum absolute atomic E-state index is 0.633. The van der Waals surface area contributed by atoms with Crippen LogP contribution in [0.1, 0.15) is 30.9 Å². The predicted molar refractivity (Wildman–Crippen MR) is 69.7 cm³/mol. The van der Waals surface area contributed by atoms with Crippen LogP contribution in [0, 0.1) is 12.8 Å². The van der Waals surface area contributed by atoms with E-state index in [1.54, 1.807) is 0 Å². The first kappa shape index (κ1) is 11.5. The van der Waals surface area contributed by atoms with Gasteiger partial charge in [-0.1, -0.05) is 6.07 Å². The van der Waals surface area contributed by atoms with Crippen LogP contribution in [0.2, 0.25) is 0 Å². The normalized spacial score (nSPS) is 17.2. The highest BCUT2D eigenvalue weighted by molar-refractivity contribution is 5.51. The molecule has 2 N–H and O–H groups in total. The molecule has 0 aromatic heterocycles. The van der Waals surface area contributed by atoms with Crippen molar-refractivity contribution >= 4 is 5.69 Å². The van der Waals surface area contributed by atoms with Gasteiger partial charge in [0.2, 0.25) is 0 Å². The number of benzene rings is 1. The second-order valence-corrected chi connectivity index (χ2v) is 5.00. The molecule has 16 heavy (non-hydrogen) atoms. The average Bonchev–Trinajstić information content (AvgIpc) is 3.11. The molecule has 1 aliphatic rings. The number of hydrogen-bond acceptors (Lipinski definition) is 2. The minimum Gasteiger partial charge on any atom is -0.372 e. The summed E-state index contributed by atoms with van der Waals surface area (Å²) in [4.78, 5) is 2.39. The summed E-state index contributed by atoms with van der Waals surface area (Å²) in [5.41, 5.74) is 9.54. The van der Waals surface area contributed by atoms with Gasteiger partial charge in [0.15, 0.2) is 0 Å². The molecule has 0 bridgehead atoms. The monoisotopic (exact) mass is 218 g/mol. The second kappa shape index (κ2) is 4.46. The van der Waals surface area contributed by atoms with E-state index in [0.29, 0.717) is 12.6 Å². The Bertz CT molecular complexity index is 369. The zero-order valence-corrected chi connectivity index (χ0v) is 10.5. The van der Waals surface area contributed by atoms with E-state index in [9.17, 15) is 0 Å². The van der Waals surface area contributed by atoms with Crippen molar-refractivity contribution in [1.82, 2.24) is 0 Å². The van der Waals surface area contributed by atoms with Gasteiger partial charge in [0.25, 0.3) is 0 Å². The molecule has 1 aromatic carbocycles. The summed E-state index contributed by atoms with van der Waals surface area (Å²) in [6.45, 7) is 5.10. The van der Waals surface area contributed by atoms with Gasteiger partial charge in [-0.2, -0.15) is 0 Å². The Morgan fingerprint density at radius 3 is 2.62 bits per heavy atom. The van der Waals surface area contributed by atoms with Crippen molar-refractivity contribution in [2.75, 3.05) is 11.9 Å². The summed E-state index contributed by atoms with van der Waals surface area (Å²) in [6.07, 6.45) is 2.79. The van der Waals surface area contributed by atoms with E-state index < -0.39 is 0 Å². The SMILES string of the molecule is Cc1cc(N(C)C(C)C2CC2)ccc1CN. The topological polar surface area (TPSA) is 29.3 Å². The third-order valence-electron chi connectivity index (χ3n) is 3.87. The van der Waals surface area contributed by atoms with Crippen molar-refractivity contribution in [2.24, 2.45) is 11.7 Å². The first-order chi connectivity index (χ1) is 7.63. The Morgan fingerprint density at radius 2 is 2.12 bits per heavy atom. The molecule has 2 heteroatoms. The van der Waals surface area contributed by atoms with Crippen LogP contribution >= 0.6 is 0 Å². The van der Waals surface area contributed by atoms with Crippen molar-refractivity contribution in [3.8, 4) is 0 Å². The van der Waals surface area contributed by atoms with Gasteiger partial charge >= 0.3 is 0 Å². The molecule has 1 aromatic rings. The van der Waals surface area contributed by atoms with E-state index in [0.717, 1.165) is 5.92 Å². The lowest BCUT2D eigenvalue weighted by Crippen LogP contribution is -2.30. The molecule has 0 amide bonds. The van der Waals surface area contributed by atoms with Crippen LogP contribution in [-0.4, -0.2) is 13.1 Å². The van der Waals surface area contributed by atoms with Crippen LogP contribution in [0.25, 0.3) is 0 Å². The molecule has 0 saturated heterocycles. The van der Waals surface area contributed by atoms with Crippen molar-refractivity contribution in [3.05, 3.63) is 29.3 Å². The molecule has 1 fully saturated rings. The van der Waals surface area contributed by atoms with Gasteiger partial charge in [0.05, 0.1) is 0 Å². The third-order valence-corrected chi connectivity index (χ3v) is 3.87. The number of anilines is 1. The molecule has 88 valence electrons. The minimum atomic E-state index is 0.633. The molecule has 1 saturated carbocycles. The van der Waals surface area contributed by atoms with Crippen molar-refractivity contribution < 1.29 is 0 Å². The van der Waals surface area contributed by atoms with Gasteiger partial charge in [-0.3, -0.25) is 0 Å². The molecule has 0 spiro atoms. The van der Waals surface area contributed by atoms with Crippen LogP contribution < -0.4 is 10.6 Å². The summed E-state index contributed by atoms with van der Waals surface area (Å²) < 4.78 is 0. The van der Waals surface area contributed by atoms with Crippen LogP contribution in [0.4, 0.5) is 5.69 Å². The molecular formula is C14H22N2. The van der Waals surface area contributed by atoms with Crippen molar-refractivity contribution in [2.45, 2.75) is 39.3 Å². The summed E-state index contributed by atoms with van der Waals surface area (Å²) in [5, 5.41) is 0. The van der Waals surface area contributed by atoms with Gasteiger partial charge in [-0.25, -0.2) is 0 Å². The molecule has 1 unspecified atom stereocenters. The first-order valence-corrected chi connectivity index (χ1v) is 6.16. The van der Waals surface area contributed by atoms with Crippen LogP contribution in [0.15, 0.2) is 18.2 Å². The lowest BCUT2D eigenvalue weighted by atomic mass is 10.1. The fraction of sp³-hybridized carbons (Fsp3) is 0.571. The molecule has 0 aliphatic heterocycles. The summed E-state index contributed by atoms with van der Waals surface area (Å²) in [5.74, 6) is 0.902. The summed E-state index contributed by atoms with van der Waals surface area (Å²) >= 11 is 0. The number of nitrogens with zero attached hydrogens (tertiary/aromatic N) is 1. The molecule has 1 atom stereocenters. The van der Waals surface area contributed by atoms with E-state index in [1.165, 1.54) is 29.7 Å². The van der Waals surface area contributed by atoms with Crippen molar-refractivity contribution in [1.29, 1.82) is 0 Å². The Morgan fingerprint density at radius 1 is 1.44 bits per heavy atom. The lowest BCUT2D eigenvalue weighted by molar-refractivity contribution is 0.609. The summed E-state index contributed by atoms with van der Waals surface area (Å²) in [7, 11) is 2.19. The van der Waals surface area contributed by atoms with Gasteiger partial charge in [0.1, 0.15) is 0 Å². The van der Waals surface area contributed by atoms with Gasteiger partial charge < -0.3 is 10.6 Å². The highest BCUT2D eigenvalue weighted by atomic mass is 15.1. The molecule has 2 nitrogen and oxygen atoms in total. The molecule has 1 aliphatic carbocycles. The fourth-order valence-electron chi connectivity index (χ4n) is 2.26. The second-order valence-electron chi connectivity index (χ2n) is 5.00. The van der Waals surface area contributed by atoms with E-state index in [1.807, 2.05) is 0 Å². The largest absolute Gasteiger partial charge is 0.372 e. The van der Waals surface area contributed by atoms with E-state index in [2.05, 4.69) is 44.0 Å². The maximum absolute atomic E-state index is 5.68. The molecular weight excluding hydrogens is 196 g/mol. The predicted octanol–water partition coefficient (Wildman–Crippen LogP) is 2.69. The number of aryl methyl sites for hydroxylation is 1. The van der Waals surface area contributed by atoms with Crippen LogP contribution in [-0.2, 0) is 6.54 Å². The lowest BCUT2D eigenvalue weighted by Gasteiger charge is -2.27. The fourth-order valence-corrected chi connectivity index (χ4v) is 2.26. The Labute approximate surface area is 98.4 Å². The molecule has 0 radical (unpaired) electrons. The standard InChI is InChI=1S/C14H22N2/c1-10-8-14(7-6-13(10)9-15)16(3)11(2)12-4-5-12/h6-8,11-12H,4-5,9,15H2,1-3H3. The summed E-state index contributed by atoms with van der Waals surface area (Å²) in [6, 6.07) is 7.25. The maximum Gasteiger partial charge on any atom is 0.0368 e. The van der Waals surface area contributed by atoms with Crippen LogP contribution in [0.3, 0.4) is 0 Å². The molecule has 0 heterocycles. The zero-order valence-electron chi connectivity index (χ0n) is 10.5. The van der Waals surface area contributed by atoms with Crippen molar-refractivity contribution in [3.63, 3.8) is 0 Å². The number of nitrogens with two attached hydrogens (primary N) is 1.